The number of likely N-dealkylation sites (tertiary alicyclic amines) is 1. The van der Waals surface area contributed by atoms with Crippen LogP contribution >= 0.6 is 0 Å². The van der Waals surface area contributed by atoms with Gasteiger partial charge in [0.1, 0.15) is 17.5 Å². The molecule has 1 aromatic carbocycles. The average Bonchev–Trinajstić information content (AvgIpc) is 2.97. The molecule has 1 atom stereocenters. The fourth-order valence-electron chi connectivity index (χ4n) is 2.54. The van der Waals surface area contributed by atoms with Crippen LogP contribution in [0.15, 0.2) is 18.2 Å². The standard InChI is InChI=1S/C17H21FN2O5/c1-17(2,3)25-16(24)20-8-4-5-13(20)14(21)19-12-7-6-10(15(22)23)9-11(12)18/h6-7,9,13H,4-5,8H2,1-3H3,(H,19,21)(H,22,23). The first-order valence-corrected chi connectivity index (χ1v) is 7.92. The van der Waals surface area contributed by atoms with Gasteiger partial charge in [-0.25, -0.2) is 14.0 Å². The van der Waals surface area contributed by atoms with Crippen molar-refractivity contribution < 1.29 is 28.6 Å². The number of carbonyl (C=O) groups excluding carboxylic acids is 2. The van der Waals surface area contributed by atoms with E-state index in [1.807, 2.05) is 0 Å². The molecule has 1 aliphatic heterocycles. The molecule has 8 heteroatoms. The summed E-state index contributed by atoms with van der Waals surface area (Å²) in [5.74, 6) is -2.65. The van der Waals surface area contributed by atoms with Gasteiger partial charge in [-0.05, 0) is 51.8 Å². The molecule has 0 bridgehead atoms. The van der Waals surface area contributed by atoms with E-state index in [-0.39, 0.29) is 11.3 Å². The van der Waals surface area contributed by atoms with E-state index in [0.29, 0.717) is 19.4 Å². The van der Waals surface area contributed by atoms with Gasteiger partial charge in [0.2, 0.25) is 5.91 Å². The van der Waals surface area contributed by atoms with Crippen LogP contribution in [0.5, 0.6) is 0 Å². The minimum Gasteiger partial charge on any atom is -0.478 e. The molecule has 25 heavy (non-hydrogen) atoms. The summed E-state index contributed by atoms with van der Waals surface area (Å²) in [6, 6.07) is 2.46. The van der Waals surface area contributed by atoms with Crippen LogP contribution in [-0.2, 0) is 9.53 Å². The van der Waals surface area contributed by atoms with Gasteiger partial charge < -0.3 is 15.2 Å². The first kappa shape index (κ1) is 18.7. The number of anilines is 1. The number of halogens is 1. The molecular weight excluding hydrogens is 331 g/mol. The van der Waals surface area contributed by atoms with Crippen molar-refractivity contribution in [1.82, 2.24) is 4.90 Å². The Hall–Kier alpha value is -2.64. The van der Waals surface area contributed by atoms with E-state index in [1.54, 1.807) is 20.8 Å². The molecular formula is C17H21FN2O5. The molecule has 2 N–H and O–H groups in total. The van der Waals surface area contributed by atoms with Crippen LogP contribution in [0.25, 0.3) is 0 Å². The Morgan fingerprint density at radius 1 is 1.32 bits per heavy atom. The lowest BCUT2D eigenvalue weighted by Gasteiger charge is -2.28. The third-order valence-corrected chi connectivity index (χ3v) is 3.66. The first-order valence-electron chi connectivity index (χ1n) is 7.92. The SMILES string of the molecule is CC(C)(C)OC(=O)N1CCCC1C(=O)Nc1ccc(C(=O)O)cc1F. The normalized spacial score (nSPS) is 17.3. The minimum absolute atomic E-state index is 0.133. The van der Waals surface area contributed by atoms with E-state index in [4.69, 9.17) is 9.84 Å². The number of hydrogen-bond donors (Lipinski definition) is 2. The highest BCUT2D eigenvalue weighted by Crippen LogP contribution is 2.23. The van der Waals surface area contributed by atoms with Crippen molar-refractivity contribution in [1.29, 1.82) is 0 Å². The number of carbonyl (C=O) groups is 3. The van der Waals surface area contributed by atoms with Crippen molar-refractivity contribution in [3.63, 3.8) is 0 Å². The highest BCUT2D eigenvalue weighted by Gasteiger charge is 2.36. The van der Waals surface area contributed by atoms with Gasteiger partial charge in [-0.15, -0.1) is 0 Å². The van der Waals surface area contributed by atoms with Crippen LogP contribution in [0.2, 0.25) is 0 Å². The van der Waals surface area contributed by atoms with Crippen molar-refractivity contribution in [2.45, 2.75) is 45.3 Å². The smallest absolute Gasteiger partial charge is 0.410 e. The maximum atomic E-state index is 14.0. The van der Waals surface area contributed by atoms with Crippen LogP contribution in [0, 0.1) is 5.82 Å². The molecule has 1 heterocycles. The van der Waals surface area contributed by atoms with Gasteiger partial charge in [-0.1, -0.05) is 0 Å². The number of hydrogen-bond acceptors (Lipinski definition) is 4. The van der Waals surface area contributed by atoms with Crippen LogP contribution in [0.3, 0.4) is 0 Å². The van der Waals surface area contributed by atoms with Gasteiger partial charge in [0.15, 0.2) is 0 Å². The van der Waals surface area contributed by atoms with Crippen LogP contribution in [0.1, 0.15) is 44.0 Å². The number of nitrogens with one attached hydrogen (secondary N) is 1. The minimum atomic E-state index is -1.26. The predicted octanol–water partition coefficient (Wildman–Crippen LogP) is 2.86. The highest BCUT2D eigenvalue weighted by molar-refractivity contribution is 5.97. The second-order valence-corrected chi connectivity index (χ2v) is 6.82. The summed E-state index contributed by atoms with van der Waals surface area (Å²) in [7, 11) is 0. The van der Waals surface area contributed by atoms with Crippen molar-refractivity contribution in [2.24, 2.45) is 0 Å². The van der Waals surface area contributed by atoms with Crippen LogP contribution in [-0.4, -0.2) is 46.2 Å². The number of carboxylic acids is 1. The zero-order valence-corrected chi connectivity index (χ0v) is 14.3. The molecule has 0 radical (unpaired) electrons. The number of ether oxygens (including phenoxy) is 1. The molecule has 1 saturated heterocycles. The number of nitrogens with zero attached hydrogens (tertiary/aromatic N) is 1. The van der Waals surface area contributed by atoms with Gasteiger partial charge in [-0.2, -0.15) is 0 Å². The van der Waals surface area contributed by atoms with E-state index in [2.05, 4.69) is 5.32 Å². The number of rotatable bonds is 3. The monoisotopic (exact) mass is 352 g/mol. The van der Waals surface area contributed by atoms with Gasteiger partial charge in [0.25, 0.3) is 0 Å². The van der Waals surface area contributed by atoms with E-state index >= 15 is 0 Å². The Balaban J connectivity index is 2.09. The maximum absolute atomic E-state index is 14.0. The molecule has 1 unspecified atom stereocenters. The molecule has 2 amide bonds. The number of carboxylic acid groups (broad SMARTS) is 1. The third kappa shape index (κ3) is 4.68. The zero-order chi connectivity index (χ0) is 18.8. The van der Waals surface area contributed by atoms with E-state index < -0.39 is 35.4 Å². The quantitative estimate of drug-likeness (QED) is 0.872. The average molecular weight is 352 g/mol. The van der Waals surface area contributed by atoms with E-state index in [9.17, 15) is 18.8 Å². The number of amides is 2. The number of aromatic carboxylic acids is 1. The Morgan fingerprint density at radius 3 is 2.56 bits per heavy atom. The molecule has 136 valence electrons. The van der Waals surface area contributed by atoms with Crippen molar-refractivity contribution in [2.75, 3.05) is 11.9 Å². The van der Waals surface area contributed by atoms with Crippen molar-refractivity contribution >= 4 is 23.7 Å². The molecule has 7 nitrogen and oxygen atoms in total. The Bertz CT molecular complexity index is 699. The van der Waals surface area contributed by atoms with Gasteiger partial charge in [0.05, 0.1) is 11.3 Å². The Labute approximate surface area is 144 Å². The van der Waals surface area contributed by atoms with Crippen LogP contribution in [0.4, 0.5) is 14.9 Å². The van der Waals surface area contributed by atoms with Gasteiger partial charge in [0, 0.05) is 6.54 Å². The lowest BCUT2D eigenvalue weighted by Crippen LogP contribution is -2.45. The summed E-state index contributed by atoms with van der Waals surface area (Å²) in [5, 5.41) is 11.2. The summed E-state index contributed by atoms with van der Waals surface area (Å²) >= 11 is 0. The first-order chi connectivity index (χ1) is 11.6. The van der Waals surface area contributed by atoms with Gasteiger partial charge in [-0.3, -0.25) is 9.69 Å². The summed E-state index contributed by atoms with van der Waals surface area (Å²) < 4.78 is 19.2. The molecule has 1 fully saturated rings. The lowest BCUT2D eigenvalue weighted by molar-refractivity contribution is -0.120. The predicted molar refractivity (Wildman–Crippen MR) is 88.0 cm³/mol. The highest BCUT2D eigenvalue weighted by atomic mass is 19.1. The summed E-state index contributed by atoms with van der Waals surface area (Å²) in [6.07, 6.45) is 0.490. The summed E-state index contributed by atoms with van der Waals surface area (Å²) in [5.41, 5.74) is -1.03. The second kappa shape index (κ2) is 7.08. The molecule has 1 aliphatic rings. The summed E-state index contributed by atoms with van der Waals surface area (Å²) in [4.78, 5) is 36.8. The van der Waals surface area contributed by atoms with Crippen molar-refractivity contribution in [3.8, 4) is 0 Å². The molecule has 2 rings (SSSR count). The molecule has 0 aliphatic carbocycles. The number of benzene rings is 1. The van der Waals surface area contributed by atoms with E-state index in [0.717, 1.165) is 6.07 Å². The Morgan fingerprint density at radius 2 is 2.00 bits per heavy atom. The maximum Gasteiger partial charge on any atom is 0.410 e. The zero-order valence-electron chi connectivity index (χ0n) is 14.3. The fraction of sp³-hybridized carbons (Fsp3) is 0.471. The summed E-state index contributed by atoms with van der Waals surface area (Å²) in [6.45, 7) is 5.58. The van der Waals surface area contributed by atoms with Gasteiger partial charge >= 0.3 is 12.1 Å². The van der Waals surface area contributed by atoms with E-state index in [1.165, 1.54) is 17.0 Å². The third-order valence-electron chi connectivity index (χ3n) is 3.66. The largest absolute Gasteiger partial charge is 0.478 e. The van der Waals surface area contributed by atoms with Crippen LogP contribution < -0.4 is 5.32 Å². The molecule has 0 saturated carbocycles. The lowest BCUT2D eigenvalue weighted by atomic mass is 10.1. The van der Waals surface area contributed by atoms with Crippen molar-refractivity contribution in [3.05, 3.63) is 29.6 Å². The fourth-order valence-corrected chi connectivity index (χ4v) is 2.54. The Kier molecular flexibility index (Phi) is 5.30. The molecule has 0 spiro atoms. The second-order valence-electron chi connectivity index (χ2n) is 6.82. The topological polar surface area (TPSA) is 95.9 Å². The molecule has 1 aromatic rings. The molecule has 0 aromatic heterocycles.